The molecular weight excluding hydrogens is 320 g/mol. The fourth-order valence-corrected chi connectivity index (χ4v) is 4.70. The minimum Gasteiger partial charge on any atom is -0.268 e. The summed E-state index contributed by atoms with van der Waals surface area (Å²) in [6.45, 7) is 0.865. The van der Waals surface area contributed by atoms with Gasteiger partial charge in [0.15, 0.2) is 9.84 Å². The van der Waals surface area contributed by atoms with Crippen molar-refractivity contribution in [2.24, 2.45) is 11.8 Å². The number of sulfone groups is 1. The quantitative estimate of drug-likeness (QED) is 0.866. The molecule has 3 rings (SSSR count). The molecule has 4 nitrogen and oxygen atoms in total. The Hall–Kier alpha value is -1.69. The molecule has 2 N–H and O–H groups in total. The predicted molar refractivity (Wildman–Crippen MR) is 96.1 cm³/mol. The van der Waals surface area contributed by atoms with Crippen LogP contribution in [0.4, 0.5) is 0 Å². The molecule has 2 aromatic carbocycles. The van der Waals surface area contributed by atoms with Crippen molar-refractivity contribution in [2.75, 3.05) is 12.8 Å². The standard InChI is InChI=1S/C19H24N2O2S/c1-24(22,23)18-12-6-5-10-16(18)14-17-11-7-13-21(20)19(17)15-8-3-2-4-9-15/h2-6,8-10,12,17,19H,7,11,13-14,20H2,1H3. The molecule has 1 saturated heterocycles. The monoisotopic (exact) mass is 344 g/mol. The number of hydrazine groups is 1. The van der Waals surface area contributed by atoms with Crippen molar-refractivity contribution in [1.29, 1.82) is 0 Å². The second kappa shape index (κ2) is 7.05. The average Bonchev–Trinajstić information content (AvgIpc) is 2.55. The molecule has 0 aliphatic carbocycles. The van der Waals surface area contributed by atoms with E-state index in [9.17, 15) is 8.42 Å². The average molecular weight is 344 g/mol. The third kappa shape index (κ3) is 3.69. The topological polar surface area (TPSA) is 63.4 Å². The van der Waals surface area contributed by atoms with Gasteiger partial charge in [0.2, 0.25) is 0 Å². The molecule has 2 unspecified atom stereocenters. The van der Waals surface area contributed by atoms with E-state index < -0.39 is 9.84 Å². The number of hydrogen-bond donors (Lipinski definition) is 1. The van der Waals surface area contributed by atoms with Crippen LogP contribution in [0, 0.1) is 5.92 Å². The second-order valence-corrected chi connectivity index (χ2v) is 8.56. The van der Waals surface area contributed by atoms with E-state index in [0.29, 0.717) is 10.8 Å². The van der Waals surface area contributed by atoms with Crippen LogP contribution in [-0.2, 0) is 16.3 Å². The third-order valence-electron chi connectivity index (χ3n) is 4.79. The van der Waals surface area contributed by atoms with Gasteiger partial charge < -0.3 is 0 Å². The van der Waals surface area contributed by atoms with E-state index in [4.69, 9.17) is 5.84 Å². The van der Waals surface area contributed by atoms with E-state index in [-0.39, 0.29) is 6.04 Å². The van der Waals surface area contributed by atoms with Crippen molar-refractivity contribution in [3.63, 3.8) is 0 Å². The summed E-state index contributed by atoms with van der Waals surface area (Å²) in [7, 11) is -3.22. The van der Waals surface area contributed by atoms with Crippen LogP contribution in [0.2, 0.25) is 0 Å². The van der Waals surface area contributed by atoms with Crippen LogP contribution in [0.1, 0.15) is 30.0 Å². The highest BCUT2D eigenvalue weighted by Crippen LogP contribution is 2.37. The summed E-state index contributed by atoms with van der Waals surface area (Å²) in [5.74, 6) is 6.59. The van der Waals surface area contributed by atoms with Gasteiger partial charge in [0.05, 0.1) is 10.9 Å². The number of benzene rings is 2. The molecule has 5 heteroatoms. The van der Waals surface area contributed by atoms with Gasteiger partial charge in [-0.3, -0.25) is 5.84 Å². The van der Waals surface area contributed by atoms with Crippen LogP contribution in [-0.4, -0.2) is 26.2 Å². The van der Waals surface area contributed by atoms with Gasteiger partial charge in [0.1, 0.15) is 0 Å². The van der Waals surface area contributed by atoms with Crippen LogP contribution in [0.5, 0.6) is 0 Å². The maximum atomic E-state index is 12.1. The van der Waals surface area contributed by atoms with Crippen molar-refractivity contribution >= 4 is 9.84 Å². The van der Waals surface area contributed by atoms with E-state index in [2.05, 4.69) is 12.1 Å². The van der Waals surface area contributed by atoms with Gasteiger partial charge in [-0.25, -0.2) is 13.4 Å². The highest BCUT2D eigenvalue weighted by atomic mass is 32.2. The van der Waals surface area contributed by atoms with Crippen molar-refractivity contribution in [1.82, 2.24) is 5.01 Å². The van der Waals surface area contributed by atoms with Gasteiger partial charge in [-0.15, -0.1) is 0 Å². The molecule has 1 heterocycles. The fraction of sp³-hybridized carbons (Fsp3) is 0.368. The molecular formula is C19H24N2O2S. The molecule has 1 aliphatic rings. The fourth-order valence-electron chi connectivity index (χ4n) is 3.75. The molecule has 0 amide bonds. The van der Waals surface area contributed by atoms with Crippen molar-refractivity contribution in [2.45, 2.75) is 30.2 Å². The van der Waals surface area contributed by atoms with Gasteiger partial charge in [-0.1, -0.05) is 48.5 Å². The number of rotatable bonds is 4. The molecule has 0 bridgehead atoms. The van der Waals surface area contributed by atoms with Gasteiger partial charge in [0, 0.05) is 12.8 Å². The lowest BCUT2D eigenvalue weighted by atomic mass is 9.81. The van der Waals surface area contributed by atoms with Crippen LogP contribution >= 0.6 is 0 Å². The second-order valence-electron chi connectivity index (χ2n) is 6.58. The SMILES string of the molecule is CS(=O)(=O)c1ccccc1CC1CCCN(N)C1c1ccccc1. The first-order valence-corrected chi connectivity index (χ1v) is 10.2. The first kappa shape index (κ1) is 17.1. The highest BCUT2D eigenvalue weighted by Gasteiger charge is 2.32. The lowest BCUT2D eigenvalue weighted by Crippen LogP contribution is -2.44. The van der Waals surface area contributed by atoms with E-state index in [0.717, 1.165) is 31.4 Å². The first-order chi connectivity index (χ1) is 11.5. The lowest BCUT2D eigenvalue weighted by molar-refractivity contribution is 0.0923. The molecule has 1 fully saturated rings. The zero-order valence-corrected chi connectivity index (χ0v) is 14.7. The summed E-state index contributed by atoms with van der Waals surface area (Å²) in [6.07, 6.45) is 4.07. The van der Waals surface area contributed by atoms with Crippen molar-refractivity contribution < 1.29 is 8.42 Å². The Labute approximate surface area is 144 Å². The molecule has 0 radical (unpaired) electrons. The Morgan fingerprint density at radius 2 is 1.75 bits per heavy atom. The van der Waals surface area contributed by atoms with Crippen molar-refractivity contribution in [3.05, 3.63) is 65.7 Å². The normalized spacial score (nSPS) is 22.4. The van der Waals surface area contributed by atoms with Crippen LogP contribution in [0.25, 0.3) is 0 Å². The molecule has 0 spiro atoms. The van der Waals surface area contributed by atoms with Gasteiger partial charge in [0.25, 0.3) is 0 Å². The number of nitrogens with zero attached hydrogens (tertiary/aromatic N) is 1. The lowest BCUT2D eigenvalue weighted by Gasteiger charge is -2.39. The minimum atomic E-state index is -3.22. The number of hydrogen-bond acceptors (Lipinski definition) is 4. The van der Waals surface area contributed by atoms with Gasteiger partial charge in [-0.05, 0) is 42.4 Å². The minimum absolute atomic E-state index is 0.118. The molecule has 128 valence electrons. The predicted octanol–water partition coefficient (Wildman–Crippen LogP) is 2.96. The van der Waals surface area contributed by atoms with E-state index in [1.165, 1.54) is 11.8 Å². The smallest absolute Gasteiger partial charge is 0.175 e. The summed E-state index contributed by atoms with van der Waals surface area (Å²) < 4.78 is 24.2. The molecule has 0 saturated carbocycles. The number of piperidine rings is 1. The molecule has 1 aliphatic heterocycles. The molecule has 2 aromatic rings. The zero-order chi connectivity index (χ0) is 17.2. The van der Waals surface area contributed by atoms with E-state index in [1.54, 1.807) is 12.1 Å². The Kier molecular flexibility index (Phi) is 5.04. The van der Waals surface area contributed by atoms with Crippen molar-refractivity contribution in [3.8, 4) is 0 Å². The number of nitrogens with two attached hydrogens (primary N) is 1. The zero-order valence-electron chi connectivity index (χ0n) is 13.9. The Bertz CT molecular complexity index is 790. The molecule has 2 atom stereocenters. The maximum Gasteiger partial charge on any atom is 0.175 e. The first-order valence-electron chi connectivity index (χ1n) is 8.31. The van der Waals surface area contributed by atoms with Crippen LogP contribution < -0.4 is 5.84 Å². The maximum absolute atomic E-state index is 12.1. The summed E-state index contributed by atoms with van der Waals surface area (Å²) in [6, 6.07) is 17.7. The Morgan fingerprint density at radius 1 is 1.08 bits per heavy atom. The Balaban J connectivity index is 1.93. The van der Waals surface area contributed by atoms with Gasteiger partial charge in [-0.2, -0.15) is 0 Å². The summed E-state index contributed by atoms with van der Waals surface area (Å²) in [5.41, 5.74) is 2.09. The summed E-state index contributed by atoms with van der Waals surface area (Å²) in [4.78, 5) is 0.436. The van der Waals surface area contributed by atoms with Crippen LogP contribution in [0.15, 0.2) is 59.5 Å². The van der Waals surface area contributed by atoms with E-state index >= 15 is 0 Å². The highest BCUT2D eigenvalue weighted by molar-refractivity contribution is 7.90. The van der Waals surface area contributed by atoms with Crippen LogP contribution in [0.3, 0.4) is 0 Å². The van der Waals surface area contributed by atoms with Gasteiger partial charge >= 0.3 is 0 Å². The van der Waals surface area contributed by atoms with E-state index in [1.807, 2.05) is 35.3 Å². The summed E-state index contributed by atoms with van der Waals surface area (Å²) >= 11 is 0. The summed E-state index contributed by atoms with van der Waals surface area (Å²) in [5, 5.41) is 1.91. The third-order valence-corrected chi connectivity index (χ3v) is 5.99. The Morgan fingerprint density at radius 3 is 2.46 bits per heavy atom. The largest absolute Gasteiger partial charge is 0.268 e. The molecule has 24 heavy (non-hydrogen) atoms. The molecule has 0 aromatic heterocycles.